The molecule has 1 N–H and O–H groups in total. The third-order valence-corrected chi connectivity index (χ3v) is 6.23. The van der Waals surface area contributed by atoms with Gasteiger partial charge in [0.15, 0.2) is 0 Å². The zero-order valence-electron chi connectivity index (χ0n) is 11.7. The second-order valence-electron chi connectivity index (χ2n) is 5.96. The second-order valence-corrected chi connectivity index (χ2v) is 7.73. The maximum Gasteiger partial charge on any atom is 0.240 e. The molecule has 3 rings (SSSR count). The molecular formula is C15H21NO3S. The predicted octanol–water partition coefficient (Wildman–Crippen LogP) is 2.41. The van der Waals surface area contributed by atoms with Gasteiger partial charge in [-0.1, -0.05) is 6.42 Å². The van der Waals surface area contributed by atoms with Crippen LogP contribution < -0.4 is 9.46 Å². The fourth-order valence-electron chi connectivity index (χ4n) is 3.68. The van der Waals surface area contributed by atoms with E-state index in [9.17, 15) is 8.42 Å². The molecule has 5 heteroatoms. The molecule has 2 aliphatic rings. The van der Waals surface area contributed by atoms with Crippen molar-refractivity contribution in [1.82, 2.24) is 4.72 Å². The summed E-state index contributed by atoms with van der Waals surface area (Å²) in [6.45, 7) is 0.579. The number of benzene rings is 1. The quantitative estimate of drug-likeness (QED) is 0.907. The fraction of sp³-hybridized carbons (Fsp3) is 0.600. The Hall–Kier alpha value is -1.07. The summed E-state index contributed by atoms with van der Waals surface area (Å²) in [6, 6.07) is 6.52. The van der Waals surface area contributed by atoms with Gasteiger partial charge in [-0.25, -0.2) is 13.1 Å². The summed E-state index contributed by atoms with van der Waals surface area (Å²) in [5.74, 6) is 2.77. The minimum absolute atomic E-state index is 0.307. The van der Waals surface area contributed by atoms with Crippen LogP contribution in [0.5, 0.6) is 5.75 Å². The van der Waals surface area contributed by atoms with Crippen molar-refractivity contribution >= 4 is 10.0 Å². The zero-order chi connectivity index (χ0) is 14.2. The van der Waals surface area contributed by atoms with Gasteiger partial charge in [-0.3, -0.25) is 0 Å². The molecule has 1 aromatic carbocycles. The first-order valence-corrected chi connectivity index (χ1v) is 8.70. The van der Waals surface area contributed by atoms with E-state index in [-0.39, 0.29) is 0 Å². The third kappa shape index (κ3) is 2.69. The van der Waals surface area contributed by atoms with E-state index in [2.05, 4.69) is 4.72 Å². The van der Waals surface area contributed by atoms with Crippen molar-refractivity contribution in [3.63, 3.8) is 0 Å². The SMILES string of the molecule is COc1ccc(S(=O)(=O)NC[C@H]2C[C@H]3CC[C@H]2C3)cc1. The molecule has 0 aliphatic heterocycles. The molecule has 0 heterocycles. The highest BCUT2D eigenvalue weighted by molar-refractivity contribution is 7.89. The zero-order valence-corrected chi connectivity index (χ0v) is 12.5. The van der Waals surface area contributed by atoms with Gasteiger partial charge in [0.2, 0.25) is 10.0 Å². The Bertz CT molecular complexity index is 567. The molecule has 110 valence electrons. The Morgan fingerprint density at radius 2 is 1.95 bits per heavy atom. The van der Waals surface area contributed by atoms with E-state index in [1.807, 2.05) is 0 Å². The van der Waals surface area contributed by atoms with Gasteiger partial charge in [0, 0.05) is 6.54 Å². The molecule has 0 amide bonds. The predicted molar refractivity (Wildman–Crippen MR) is 77.1 cm³/mol. The first-order valence-electron chi connectivity index (χ1n) is 7.22. The maximum atomic E-state index is 12.2. The Morgan fingerprint density at radius 3 is 2.50 bits per heavy atom. The molecule has 4 nitrogen and oxygen atoms in total. The molecule has 0 radical (unpaired) electrons. The van der Waals surface area contributed by atoms with E-state index >= 15 is 0 Å². The number of rotatable bonds is 5. The lowest BCUT2D eigenvalue weighted by molar-refractivity contribution is 0.333. The summed E-state index contributed by atoms with van der Waals surface area (Å²) >= 11 is 0. The van der Waals surface area contributed by atoms with Crippen molar-refractivity contribution in [2.45, 2.75) is 30.6 Å². The van der Waals surface area contributed by atoms with Gasteiger partial charge in [-0.05, 0) is 61.3 Å². The Balaban J connectivity index is 1.63. The molecule has 2 saturated carbocycles. The standard InChI is InChI=1S/C15H21NO3S/c1-19-14-4-6-15(7-5-14)20(17,18)16-10-13-9-11-2-3-12(13)8-11/h4-7,11-13,16H,2-3,8-10H2,1H3/t11-,12-,13+/m0/s1. The number of ether oxygens (including phenoxy) is 1. The Kier molecular flexibility index (Phi) is 3.73. The van der Waals surface area contributed by atoms with Crippen LogP contribution in [0.15, 0.2) is 29.2 Å². The second kappa shape index (κ2) is 5.37. The van der Waals surface area contributed by atoms with E-state index in [0.717, 1.165) is 11.8 Å². The average molecular weight is 295 g/mol. The van der Waals surface area contributed by atoms with Crippen LogP contribution in [-0.2, 0) is 10.0 Å². The summed E-state index contributed by atoms with van der Waals surface area (Å²) in [5, 5.41) is 0. The van der Waals surface area contributed by atoms with E-state index in [1.54, 1.807) is 31.4 Å². The monoisotopic (exact) mass is 295 g/mol. The van der Waals surface area contributed by atoms with Crippen molar-refractivity contribution in [3.05, 3.63) is 24.3 Å². The van der Waals surface area contributed by atoms with Crippen LogP contribution in [0.1, 0.15) is 25.7 Å². The molecule has 1 aromatic rings. The van der Waals surface area contributed by atoms with Crippen molar-refractivity contribution in [3.8, 4) is 5.75 Å². The van der Waals surface area contributed by atoms with E-state index in [0.29, 0.717) is 23.1 Å². The molecule has 3 atom stereocenters. The van der Waals surface area contributed by atoms with Gasteiger partial charge >= 0.3 is 0 Å². The first-order chi connectivity index (χ1) is 9.58. The molecule has 2 fully saturated rings. The van der Waals surface area contributed by atoms with Gasteiger partial charge < -0.3 is 4.74 Å². The summed E-state index contributed by atoms with van der Waals surface area (Å²) < 4.78 is 32.3. The van der Waals surface area contributed by atoms with Crippen LogP contribution in [-0.4, -0.2) is 22.1 Å². The van der Waals surface area contributed by atoms with Crippen LogP contribution in [0.25, 0.3) is 0 Å². The highest BCUT2D eigenvalue weighted by Gasteiger charge is 2.39. The highest BCUT2D eigenvalue weighted by Crippen LogP contribution is 2.48. The lowest BCUT2D eigenvalue weighted by Gasteiger charge is -2.21. The van der Waals surface area contributed by atoms with Crippen molar-refractivity contribution in [2.24, 2.45) is 17.8 Å². The molecule has 0 aromatic heterocycles. The van der Waals surface area contributed by atoms with Crippen LogP contribution in [0, 0.1) is 17.8 Å². The Morgan fingerprint density at radius 1 is 1.20 bits per heavy atom. The summed E-state index contributed by atoms with van der Waals surface area (Å²) in [4.78, 5) is 0.307. The van der Waals surface area contributed by atoms with E-state index < -0.39 is 10.0 Å². The number of methoxy groups -OCH3 is 1. The topological polar surface area (TPSA) is 55.4 Å². The van der Waals surface area contributed by atoms with Crippen LogP contribution >= 0.6 is 0 Å². The fourth-order valence-corrected chi connectivity index (χ4v) is 4.78. The molecular weight excluding hydrogens is 274 g/mol. The number of fused-ring (bicyclic) bond motifs is 2. The summed E-state index contributed by atoms with van der Waals surface area (Å²) in [7, 11) is -1.83. The molecule has 0 unspecified atom stereocenters. The lowest BCUT2D eigenvalue weighted by Crippen LogP contribution is -2.31. The molecule has 2 aliphatic carbocycles. The van der Waals surface area contributed by atoms with Crippen molar-refractivity contribution < 1.29 is 13.2 Å². The summed E-state index contributed by atoms with van der Waals surface area (Å²) in [5.41, 5.74) is 0. The van der Waals surface area contributed by atoms with Gasteiger partial charge in [-0.15, -0.1) is 0 Å². The molecule has 0 saturated heterocycles. The summed E-state index contributed by atoms with van der Waals surface area (Å²) in [6.07, 6.45) is 5.11. The first kappa shape index (κ1) is 13.9. The van der Waals surface area contributed by atoms with Crippen molar-refractivity contribution in [1.29, 1.82) is 0 Å². The molecule has 20 heavy (non-hydrogen) atoms. The lowest BCUT2D eigenvalue weighted by atomic mass is 9.89. The molecule has 0 spiro atoms. The normalized spacial score (nSPS) is 28.8. The van der Waals surface area contributed by atoms with Gasteiger partial charge in [0.1, 0.15) is 5.75 Å². The average Bonchev–Trinajstić information content (AvgIpc) is 3.08. The van der Waals surface area contributed by atoms with E-state index in [4.69, 9.17) is 4.74 Å². The van der Waals surface area contributed by atoms with E-state index in [1.165, 1.54) is 25.7 Å². The highest BCUT2D eigenvalue weighted by atomic mass is 32.2. The minimum atomic E-state index is -3.40. The van der Waals surface area contributed by atoms with Crippen LogP contribution in [0.3, 0.4) is 0 Å². The smallest absolute Gasteiger partial charge is 0.240 e. The van der Waals surface area contributed by atoms with Crippen molar-refractivity contribution in [2.75, 3.05) is 13.7 Å². The van der Waals surface area contributed by atoms with Gasteiger partial charge in [-0.2, -0.15) is 0 Å². The molecule has 2 bridgehead atoms. The number of hydrogen-bond acceptors (Lipinski definition) is 3. The van der Waals surface area contributed by atoms with Crippen LogP contribution in [0.4, 0.5) is 0 Å². The van der Waals surface area contributed by atoms with Crippen LogP contribution in [0.2, 0.25) is 0 Å². The minimum Gasteiger partial charge on any atom is -0.497 e. The largest absolute Gasteiger partial charge is 0.497 e. The van der Waals surface area contributed by atoms with Gasteiger partial charge in [0.05, 0.1) is 12.0 Å². The third-order valence-electron chi connectivity index (χ3n) is 4.79. The van der Waals surface area contributed by atoms with Gasteiger partial charge in [0.25, 0.3) is 0 Å². The number of sulfonamides is 1. The maximum absolute atomic E-state index is 12.2. The number of nitrogens with one attached hydrogen (secondary N) is 1. The Labute approximate surface area is 120 Å². The number of hydrogen-bond donors (Lipinski definition) is 1.